The van der Waals surface area contributed by atoms with Crippen molar-refractivity contribution in [2.24, 2.45) is 11.8 Å². The van der Waals surface area contributed by atoms with Crippen molar-refractivity contribution in [2.45, 2.75) is 31.6 Å². The summed E-state index contributed by atoms with van der Waals surface area (Å²) in [5, 5.41) is 0. The van der Waals surface area contributed by atoms with E-state index in [-0.39, 0.29) is 10.8 Å². The lowest BCUT2D eigenvalue weighted by atomic mass is 9.94. The summed E-state index contributed by atoms with van der Waals surface area (Å²) in [6, 6.07) is 16.6. The summed E-state index contributed by atoms with van der Waals surface area (Å²) >= 11 is 0. The SMILES string of the molecule is CC1CC(C)CN(S(=O)(=O)c2ccc(C(=O)N3CC=C(c4ccccc4)CC3)cc2)C1. The molecule has 0 aliphatic carbocycles. The lowest BCUT2D eigenvalue weighted by molar-refractivity contribution is 0.0772. The Morgan fingerprint density at radius 2 is 1.58 bits per heavy atom. The molecule has 0 spiro atoms. The van der Waals surface area contributed by atoms with Gasteiger partial charge in [0.15, 0.2) is 0 Å². The summed E-state index contributed by atoms with van der Waals surface area (Å²) in [6.45, 7) is 6.51. The number of carbonyl (C=O) groups is 1. The molecule has 0 radical (unpaired) electrons. The van der Waals surface area contributed by atoms with E-state index in [1.165, 1.54) is 11.1 Å². The molecule has 4 rings (SSSR count). The third kappa shape index (κ3) is 4.75. The van der Waals surface area contributed by atoms with Crippen LogP contribution in [0.2, 0.25) is 0 Å². The van der Waals surface area contributed by atoms with Crippen molar-refractivity contribution in [1.82, 2.24) is 9.21 Å². The second kappa shape index (κ2) is 8.97. The molecule has 31 heavy (non-hydrogen) atoms. The maximum atomic E-state index is 13.1. The Balaban J connectivity index is 1.45. The van der Waals surface area contributed by atoms with Gasteiger partial charge in [-0.05, 0) is 60.1 Å². The molecule has 2 unspecified atom stereocenters. The van der Waals surface area contributed by atoms with Crippen LogP contribution in [-0.2, 0) is 10.0 Å². The highest BCUT2D eigenvalue weighted by molar-refractivity contribution is 7.89. The van der Waals surface area contributed by atoms with Crippen molar-refractivity contribution >= 4 is 21.5 Å². The van der Waals surface area contributed by atoms with E-state index < -0.39 is 10.0 Å². The van der Waals surface area contributed by atoms with Gasteiger partial charge < -0.3 is 4.90 Å². The number of hydrogen-bond acceptors (Lipinski definition) is 3. The zero-order valence-corrected chi connectivity index (χ0v) is 19.0. The number of carbonyl (C=O) groups excluding carboxylic acids is 1. The third-order valence-electron chi connectivity index (χ3n) is 6.22. The standard InChI is InChI=1S/C25H30N2O3S/c1-19-16-20(2)18-27(17-19)31(29,30)24-10-8-23(9-11-24)25(28)26-14-12-22(13-15-26)21-6-4-3-5-7-21/h3-12,19-20H,13-18H2,1-2H3. The van der Waals surface area contributed by atoms with Crippen molar-refractivity contribution in [3.63, 3.8) is 0 Å². The van der Waals surface area contributed by atoms with Crippen LogP contribution in [0.4, 0.5) is 0 Å². The third-order valence-corrected chi connectivity index (χ3v) is 8.06. The molecular formula is C25H30N2O3S. The van der Waals surface area contributed by atoms with E-state index in [0.717, 1.165) is 12.8 Å². The predicted octanol–water partition coefficient (Wildman–Crippen LogP) is 4.28. The number of hydrogen-bond donors (Lipinski definition) is 0. The average Bonchev–Trinajstić information content (AvgIpc) is 2.79. The highest BCUT2D eigenvalue weighted by Crippen LogP contribution is 2.27. The van der Waals surface area contributed by atoms with Gasteiger partial charge in [0.1, 0.15) is 0 Å². The van der Waals surface area contributed by atoms with E-state index in [1.54, 1.807) is 28.6 Å². The Labute approximate surface area is 185 Å². The topological polar surface area (TPSA) is 57.7 Å². The summed E-state index contributed by atoms with van der Waals surface area (Å²) in [5.74, 6) is 0.646. The van der Waals surface area contributed by atoms with E-state index in [4.69, 9.17) is 0 Å². The molecule has 6 heteroatoms. The minimum atomic E-state index is -3.53. The lowest BCUT2D eigenvalue weighted by Crippen LogP contribution is -2.42. The van der Waals surface area contributed by atoms with Crippen molar-refractivity contribution in [3.05, 3.63) is 71.8 Å². The first kappa shape index (κ1) is 21.8. The number of sulfonamides is 1. The van der Waals surface area contributed by atoms with E-state index in [0.29, 0.717) is 43.6 Å². The van der Waals surface area contributed by atoms with Crippen molar-refractivity contribution in [1.29, 1.82) is 0 Å². The minimum Gasteiger partial charge on any atom is -0.335 e. The van der Waals surface area contributed by atoms with E-state index in [2.05, 4.69) is 32.1 Å². The van der Waals surface area contributed by atoms with Gasteiger partial charge >= 0.3 is 0 Å². The molecule has 1 saturated heterocycles. The molecule has 0 aromatic heterocycles. The molecule has 0 N–H and O–H groups in total. The lowest BCUT2D eigenvalue weighted by Gasteiger charge is -2.34. The Morgan fingerprint density at radius 3 is 2.16 bits per heavy atom. The number of piperidine rings is 1. The number of amides is 1. The molecule has 1 amide bonds. The quantitative estimate of drug-likeness (QED) is 0.716. The van der Waals surface area contributed by atoms with Gasteiger partial charge in [0, 0.05) is 31.7 Å². The Morgan fingerprint density at radius 1 is 0.935 bits per heavy atom. The first-order chi connectivity index (χ1) is 14.8. The average molecular weight is 439 g/mol. The van der Waals surface area contributed by atoms with Gasteiger partial charge in [-0.3, -0.25) is 4.79 Å². The second-order valence-electron chi connectivity index (χ2n) is 8.89. The number of nitrogens with zero attached hydrogens (tertiary/aromatic N) is 2. The molecule has 0 bridgehead atoms. The fraction of sp³-hybridized carbons (Fsp3) is 0.400. The van der Waals surface area contributed by atoms with Gasteiger partial charge in [-0.2, -0.15) is 4.31 Å². The van der Waals surface area contributed by atoms with E-state index >= 15 is 0 Å². The van der Waals surface area contributed by atoms with Crippen LogP contribution in [0.25, 0.3) is 5.57 Å². The first-order valence-electron chi connectivity index (χ1n) is 11.0. The molecule has 2 aromatic rings. The van der Waals surface area contributed by atoms with Gasteiger partial charge in [-0.15, -0.1) is 0 Å². The summed E-state index contributed by atoms with van der Waals surface area (Å²) < 4.78 is 27.7. The van der Waals surface area contributed by atoms with Crippen molar-refractivity contribution in [2.75, 3.05) is 26.2 Å². The zero-order chi connectivity index (χ0) is 22.0. The maximum Gasteiger partial charge on any atom is 0.254 e. The Hall–Kier alpha value is -2.44. The fourth-order valence-corrected chi connectivity index (χ4v) is 6.35. The largest absolute Gasteiger partial charge is 0.335 e. The molecule has 164 valence electrons. The predicted molar refractivity (Wildman–Crippen MR) is 123 cm³/mol. The van der Waals surface area contributed by atoms with Crippen LogP contribution in [0.5, 0.6) is 0 Å². The summed E-state index contributed by atoms with van der Waals surface area (Å²) in [4.78, 5) is 15.0. The monoisotopic (exact) mass is 438 g/mol. The summed E-state index contributed by atoms with van der Waals surface area (Å²) in [5.41, 5.74) is 2.98. The molecule has 2 aromatic carbocycles. The normalized spacial score (nSPS) is 22.8. The van der Waals surface area contributed by atoms with Gasteiger partial charge in [-0.1, -0.05) is 50.3 Å². The highest BCUT2D eigenvalue weighted by atomic mass is 32.2. The number of rotatable bonds is 4. The molecule has 2 aliphatic rings. The molecule has 1 fully saturated rings. The summed E-state index contributed by atoms with van der Waals surface area (Å²) in [7, 11) is -3.53. The molecule has 2 atom stereocenters. The molecule has 2 aliphatic heterocycles. The van der Waals surface area contributed by atoms with Gasteiger partial charge in [0.25, 0.3) is 5.91 Å². The van der Waals surface area contributed by atoms with Crippen LogP contribution >= 0.6 is 0 Å². The first-order valence-corrected chi connectivity index (χ1v) is 12.4. The maximum absolute atomic E-state index is 13.1. The van der Waals surface area contributed by atoms with Crippen LogP contribution in [-0.4, -0.2) is 49.7 Å². The van der Waals surface area contributed by atoms with E-state index in [9.17, 15) is 13.2 Å². The van der Waals surface area contributed by atoms with Crippen LogP contribution < -0.4 is 0 Å². The van der Waals surface area contributed by atoms with Crippen LogP contribution in [0.15, 0.2) is 65.6 Å². The second-order valence-corrected chi connectivity index (χ2v) is 10.8. The minimum absolute atomic E-state index is 0.0625. The van der Waals surface area contributed by atoms with Gasteiger partial charge in [0.05, 0.1) is 4.90 Å². The van der Waals surface area contributed by atoms with Gasteiger partial charge in [-0.25, -0.2) is 8.42 Å². The molecule has 0 saturated carbocycles. The fourth-order valence-electron chi connectivity index (χ4n) is 4.67. The Bertz CT molecular complexity index is 1050. The summed E-state index contributed by atoms with van der Waals surface area (Å²) in [6.07, 6.45) is 3.97. The van der Waals surface area contributed by atoms with Crippen molar-refractivity contribution in [3.8, 4) is 0 Å². The Kier molecular flexibility index (Phi) is 6.30. The van der Waals surface area contributed by atoms with Crippen molar-refractivity contribution < 1.29 is 13.2 Å². The number of benzene rings is 2. The van der Waals surface area contributed by atoms with Crippen LogP contribution in [0.1, 0.15) is 42.6 Å². The zero-order valence-electron chi connectivity index (χ0n) is 18.2. The van der Waals surface area contributed by atoms with E-state index in [1.807, 2.05) is 23.1 Å². The molecular weight excluding hydrogens is 408 g/mol. The van der Waals surface area contributed by atoms with Gasteiger partial charge in [0.2, 0.25) is 10.0 Å². The van der Waals surface area contributed by atoms with Crippen LogP contribution in [0.3, 0.4) is 0 Å². The molecule has 5 nitrogen and oxygen atoms in total. The smallest absolute Gasteiger partial charge is 0.254 e. The highest BCUT2D eigenvalue weighted by Gasteiger charge is 2.31. The molecule has 2 heterocycles. The van der Waals surface area contributed by atoms with Crippen LogP contribution in [0, 0.1) is 11.8 Å².